The third kappa shape index (κ3) is 7.27. The van der Waals surface area contributed by atoms with Crippen LogP contribution in [0.3, 0.4) is 0 Å². The molecule has 0 saturated carbocycles. The largest absolute Gasteiger partial charge is 0.442 e. The van der Waals surface area contributed by atoms with E-state index in [-0.39, 0.29) is 21.8 Å². The number of anilines is 2. The predicted octanol–water partition coefficient (Wildman–Crippen LogP) is 4.11. The van der Waals surface area contributed by atoms with Gasteiger partial charge >= 0.3 is 11.8 Å². The van der Waals surface area contributed by atoms with Gasteiger partial charge in [-0.2, -0.15) is 28.1 Å². The normalized spacial score (nSPS) is 16.6. The molecule has 3 aromatic rings. The lowest BCUT2D eigenvalue weighted by Gasteiger charge is -2.38. The van der Waals surface area contributed by atoms with Crippen LogP contribution < -0.4 is 15.4 Å². The lowest BCUT2D eigenvalue weighted by molar-refractivity contribution is -0.166. The predicted molar refractivity (Wildman–Crippen MR) is 158 cm³/mol. The quantitative estimate of drug-likeness (QED) is 0.296. The molecule has 3 heterocycles. The molecule has 44 heavy (non-hydrogen) atoms. The van der Waals surface area contributed by atoms with Crippen LogP contribution in [0.2, 0.25) is 5.28 Å². The molecule has 0 amide bonds. The summed E-state index contributed by atoms with van der Waals surface area (Å²) in [5, 5.41) is 14.8. The average molecular weight is 648 g/mol. The molecule has 2 aliphatic heterocycles. The highest BCUT2D eigenvalue weighted by Gasteiger charge is 2.65. The molecule has 0 radical (unpaired) electrons. The number of sulfonamides is 1. The van der Waals surface area contributed by atoms with Crippen molar-refractivity contribution >= 4 is 33.5 Å². The van der Waals surface area contributed by atoms with Gasteiger partial charge < -0.3 is 10.2 Å². The summed E-state index contributed by atoms with van der Waals surface area (Å²) in [6.07, 6.45) is 3.18. The number of piperidine rings is 1. The maximum Gasteiger partial charge on any atom is 0.442 e. The fraction of sp³-hybridized carbons (Fsp3) is 0.393. The van der Waals surface area contributed by atoms with Crippen molar-refractivity contribution < 1.29 is 21.6 Å². The molecular weight excluding hydrogens is 619 g/mol. The monoisotopic (exact) mass is 647 g/mol. The van der Waals surface area contributed by atoms with E-state index in [1.54, 1.807) is 24.3 Å². The van der Waals surface area contributed by atoms with Gasteiger partial charge in [0.2, 0.25) is 27.2 Å². The maximum absolute atomic E-state index is 13.3. The van der Waals surface area contributed by atoms with E-state index < -0.39 is 21.9 Å². The molecule has 3 N–H and O–H groups in total. The first-order valence-electron chi connectivity index (χ1n) is 13.7. The van der Waals surface area contributed by atoms with Gasteiger partial charge in [0, 0.05) is 37.8 Å². The Morgan fingerprint density at radius 3 is 2.25 bits per heavy atom. The van der Waals surface area contributed by atoms with Crippen LogP contribution in [-0.2, 0) is 28.7 Å². The van der Waals surface area contributed by atoms with Crippen LogP contribution in [0.25, 0.3) is 0 Å². The van der Waals surface area contributed by atoms with E-state index in [9.17, 15) is 21.6 Å². The maximum atomic E-state index is 13.3. The van der Waals surface area contributed by atoms with Gasteiger partial charge in [-0.3, -0.25) is 4.90 Å². The fourth-order valence-corrected chi connectivity index (χ4v) is 5.78. The molecule has 0 unspecified atom stereocenters. The lowest BCUT2D eigenvalue weighted by atomic mass is 9.99. The molecule has 5 rings (SSSR count). The van der Waals surface area contributed by atoms with Gasteiger partial charge in [0.1, 0.15) is 0 Å². The van der Waals surface area contributed by atoms with Gasteiger partial charge in [0.05, 0.1) is 11.4 Å². The molecule has 16 heteroatoms. The summed E-state index contributed by atoms with van der Waals surface area (Å²) in [5.41, 5.74) is -0.702. The van der Waals surface area contributed by atoms with Crippen LogP contribution in [0.1, 0.15) is 29.5 Å². The zero-order chi connectivity index (χ0) is 31.5. The molecule has 0 bridgehead atoms. The highest BCUT2D eigenvalue weighted by Crippen LogP contribution is 2.52. The molecule has 11 nitrogen and oxygen atoms in total. The Labute approximate surface area is 257 Å². The van der Waals surface area contributed by atoms with E-state index >= 15 is 0 Å². The van der Waals surface area contributed by atoms with Gasteiger partial charge in [-0.05, 0) is 54.1 Å². The molecule has 0 atom stereocenters. The number of aromatic nitrogens is 3. The summed E-state index contributed by atoms with van der Waals surface area (Å²) in [7, 11) is -3.75. The number of alkyl halides is 3. The second-order valence-electron chi connectivity index (χ2n) is 10.5. The second kappa shape index (κ2) is 12.6. The number of benzene rings is 2. The number of primary sulfonamides is 1. The minimum atomic E-state index is -4.57. The number of hydrogen-bond donors (Lipinski definition) is 2. The Morgan fingerprint density at radius 2 is 1.68 bits per heavy atom. The molecule has 1 saturated heterocycles. The molecule has 232 valence electrons. The van der Waals surface area contributed by atoms with E-state index in [1.807, 2.05) is 4.90 Å². The topological polar surface area (TPSA) is 142 Å². The smallest absolute Gasteiger partial charge is 0.354 e. The number of halogens is 4. The van der Waals surface area contributed by atoms with Crippen molar-refractivity contribution in [2.75, 3.05) is 36.4 Å². The Morgan fingerprint density at radius 1 is 1.05 bits per heavy atom. The summed E-state index contributed by atoms with van der Waals surface area (Å²) in [4.78, 5) is 17.2. The minimum Gasteiger partial charge on any atom is -0.354 e. The van der Waals surface area contributed by atoms with Crippen LogP contribution in [0.5, 0.6) is 0 Å². The van der Waals surface area contributed by atoms with Crippen LogP contribution in [0.15, 0.2) is 63.7 Å². The number of rotatable bonds is 11. The molecule has 0 aliphatic carbocycles. The number of nitrogens with zero attached hydrogens (tertiary/aromatic N) is 7. The van der Waals surface area contributed by atoms with Crippen molar-refractivity contribution in [2.45, 2.75) is 48.6 Å². The van der Waals surface area contributed by atoms with E-state index in [4.69, 9.17) is 23.2 Å². The van der Waals surface area contributed by atoms with Crippen LogP contribution in [0, 0.1) is 12.3 Å². The summed E-state index contributed by atoms with van der Waals surface area (Å²) < 4.78 is 62.9. The summed E-state index contributed by atoms with van der Waals surface area (Å²) in [6.45, 7) is 2.62. The van der Waals surface area contributed by atoms with Gasteiger partial charge in [-0.15, -0.1) is 16.7 Å². The number of hydrogen-bond acceptors (Lipinski definition) is 10. The van der Waals surface area contributed by atoms with E-state index in [0.717, 1.165) is 24.0 Å². The second-order valence-corrected chi connectivity index (χ2v) is 12.4. The summed E-state index contributed by atoms with van der Waals surface area (Å²) in [5.74, 6) is 3.45. The molecule has 2 aliphatic rings. The van der Waals surface area contributed by atoms with Crippen LogP contribution in [-0.4, -0.2) is 66.7 Å². The standard InChI is InChI=1S/C28H29ClF3N9O2S/c1-2-15-41(18-20-3-7-21(8-4-20)27(38-39-27)28(30,31)32)22-12-16-40(17-13-22)26-36-24(29)35-25(37-26)34-14-11-19-5-9-23(10-6-19)44(33,42)43/h1,3-10,22H,11-18H2,(H2,33,42,43)(H,34,35,36,37). The molecular formula is C28H29ClF3N9O2S. The lowest BCUT2D eigenvalue weighted by Crippen LogP contribution is -2.45. The Hall–Kier alpha value is -3.84. The van der Waals surface area contributed by atoms with Crippen molar-refractivity contribution in [2.24, 2.45) is 15.4 Å². The fourth-order valence-electron chi connectivity index (χ4n) is 5.11. The summed E-state index contributed by atoms with van der Waals surface area (Å²) >= 11 is 6.20. The Bertz CT molecular complexity index is 1650. The first-order chi connectivity index (χ1) is 20.9. The first kappa shape index (κ1) is 31.6. The number of nitrogens with two attached hydrogens (primary N) is 1. The van der Waals surface area contributed by atoms with Gasteiger partial charge in [0.25, 0.3) is 0 Å². The van der Waals surface area contributed by atoms with Crippen molar-refractivity contribution in [1.82, 2.24) is 19.9 Å². The highest BCUT2D eigenvalue weighted by molar-refractivity contribution is 7.89. The minimum absolute atomic E-state index is 0.00535. The zero-order valence-corrected chi connectivity index (χ0v) is 24.9. The van der Waals surface area contributed by atoms with Crippen molar-refractivity contribution in [3.8, 4) is 12.3 Å². The zero-order valence-electron chi connectivity index (χ0n) is 23.4. The SMILES string of the molecule is C#CCN(Cc1ccc(C2(C(F)(F)F)N=N2)cc1)C1CCN(c2nc(Cl)nc(NCCc3ccc(S(N)(=O)=O)cc3)n2)CC1. The number of terminal acetylenes is 1. The van der Waals surface area contributed by atoms with Crippen molar-refractivity contribution in [3.63, 3.8) is 0 Å². The van der Waals surface area contributed by atoms with Gasteiger partial charge in [-0.25, -0.2) is 13.6 Å². The Balaban J connectivity index is 1.15. The highest BCUT2D eigenvalue weighted by atomic mass is 35.5. The molecule has 2 aromatic carbocycles. The van der Waals surface area contributed by atoms with Crippen LogP contribution in [0.4, 0.5) is 25.1 Å². The van der Waals surface area contributed by atoms with Crippen molar-refractivity contribution in [1.29, 1.82) is 0 Å². The molecule has 0 spiro atoms. The number of nitrogens with one attached hydrogen (secondary N) is 1. The first-order valence-corrected chi connectivity index (χ1v) is 15.6. The Kier molecular flexibility index (Phi) is 9.07. The van der Waals surface area contributed by atoms with Crippen LogP contribution >= 0.6 is 11.6 Å². The van der Waals surface area contributed by atoms with Gasteiger partial charge in [-0.1, -0.05) is 42.3 Å². The molecule has 1 aromatic heterocycles. The van der Waals surface area contributed by atoms with Gasteiger partial charge in [0.15, 0.2) is 0 Å². The van der Waals surface area contributed by atoms with Crippen molar-refractivity contribution in [3.05, 3.63) is 70.5 Å². The molecule has 1 fully saturated rings. The van der Waals surface area contributed by atoms with E-state index in [0.29, 0.717) is 51.0 Å². The third-order valence-electron chi connectivity index (χ3n) is 7.54. The summed E-state index contributed by atoms with van der Waals surface area (Å²) in [6, 6.07) is 12.6. The van der Waals surface area contributed by atoms with E-state index in [1.165, 1.54) is 24.3 Å². The van der Waals surface area contributed by atoms with E-state index in [2.05, 4.69) is 41.3 Å². The average Bonchev–Trinajstić information content (AvgIpc) is 3.80. The third-order valence-corrected chi connectivity index (χ3v) is 8.64.